The van der Waals surface area contributed by atoms with Crippen LogP contribution in [0.25, 0.3) is 6.08 Å². The van der Waals surface area contributed by atoms with Gasteiger partial charge in [0.25, 0.3) is 0 Å². The number of nitrogens with zero attached hydrogens (tertiary/aromatic N) is 1. The lowest BCUT2D eigenvalue weighted by molar-refractivity contribution is -0.130. The van der Waals surface area contributed by atoms with E-state index in [4.69, 9.17) is 0 Å². The van der Waals surface area contributed by atoms with E-state index >= 15 is 0 Å². The number of carbonyl (C=O) groups is 3. The third kappa shape index (κ3) is 3.14. The molecule has 20 heavy (non-hydrogen) atoms. The second-order valence-electron chi connectivity index (χ2n) is 4.38. The Hall–Kier alpha value is -1.95. The van der Waals surface area contributed by atoms with Gasteiger partial charge in [-0.15, -0.1) is 11.3 Å². The maximum Gasteiger partial charge on any atom is 0.348 e. The van der Waals surface area contributed by atoms with Crippen molar-refractivity contribution in [1.29, 1.82) is 0 Å². The smallest absolute Gasteiger partial charge is 0.348 e. The van der Waals surface area contributed by atoms with Crippen molar-refractivity contribution in [2.75, 3.05) is 13.7 Å². The lowest BCUT2D eigenvalue weighted by Gasteiger charge is -2.18. The fourth-order valence-electron chi connectivity index (χ4n) is 2.07. The number of esters is 1. The molecule has 0 saturated carbocycles. The summed E-state index contributed by atoms with van der Waals surface area (Å²) in [4.78, 5) is 36.7. The number of thiophene rings is 1. The first-order valence-corrected chi connectivity index (χ1v) is 7.07. The molecule has 0 N–H and O–H groups in total. The monoisotopic (exact) mass is 293 g/mol. The average molecular weight is 293 g/mol. The highest BCUT2D eigenvalue weighted by Crippen LogP contribution is 2.20. The normalized spacial score (nSPS) is 18.8. The number of hydrogen-bond donors (Lipinski definition) is 0. The molecule has 0 spiro atoms. The van der Waals surface area contributed by atoms with Crippen molar-refractivity contribution in [3.8, 4) is 0 Å². The van der Waals surface area contributed by atoms with Gasteiger partial charge in [0, 0.05) is 17.8 Å². The van der Waals surface area contributed by atoms with Crippen molar-refractivity contribution in [2.45, 2.75) is 18.9 Å². The molecular formula is C14H15NO4S. The molecule has 2 rings (SSSR count). The maximum absolute atomic E-state index is 11.6. The fraction of sp³-hybridized carbons (Fsp3) is 0.357. The Morgan fingerprint density at radius 3 is 3.05 bits per heavy atom. The van der Waals surface area contributed by atoms with Crippen LogP contribution in [0.3, 0.4) is 0 Å². The second-order valence-corrected chi connectivity index (χ2v) is 5.50. The number of amides is 1. The second kappa shape index (κ2) is 6.47. The van der Waals surface area contributed by atoms with Gasteiger partial charge in [-0.2, -0.15) is 0 Å². The molecule has 1 aromatic heterocycles. The molecule has 1 fully saturated rings. The standard InChI is InChI=1S/C14H15NO4S/c1-19-14(18)12-6-5-11(20-12)3-2-8-15-10(9-16)4-7-13(15)17/h2-3,5-6,9-10H,4,7-8H2,1H3. The summed E-state index contributed by atoms with van der Waals surface area (Å²) in [6.45, 7) is 0.410. The Morgan fingerprint density at radius 2 is 2.35 bits per heavy atom. The number of ether oxygens (including phenoxy) is 1. The van der Waals surface area contributed by atoms with E-state index < -0.39 is 0 Å². The summed E-state index contributed by atoms with van der Waals surface area (Å²) < 4.78 is 4.63. The van der Waals surface area contributed by atoms with Crippen molar-refractivity contribution in [3.05, 3.63) is 28.0 Å². The van der Waals surface area contributed by atoms with E-state index in [1.807, 2.05) is 18.2 Å². The van der Waals surface area contributed by atoms with Gasteiger partial charge in [0.1, 0.15) is 11.2 Å². The highest BCUT2D eigenvalue weighted by Gasteiger charge is 2.29. The predicted octanol–water partition coefficient (Wildman–Crippen LogP) is 1.74. The van der Waals surface area contributed by atoms with Crippen LogP contribution in [0.1, 0.15) is 27.4 Å². The van der Waals surface area contributed by atoms with E-state index in [2.05, 4.69) is 4.74 Å². The molecule has 0 bridgehead atoms. The molecule has 0 radical (unpaired) electrons. The number of hydrogen-bond acceptors (Lipinski definition) is 5. The highest BCUT2D eigenvalue weighted by atomic mass is 32.1. The molecule has 106 valence electrons. The zero-order chi connectivity index (χ0) is 14.5. The molecule has 1 saturated heterocycles. The van der Waals surface area contributed by atoms with Crippen LogP contribution in [-0.2, 0) is 14.3 Å². The largest absolute Gasteiger partial charge is 0.465 e. The number of likely N-dealkylation sites (tertiary alicyclic amines) is 1. The van der Waals surface area contributed by atoms with E-state index in [1.165, 1.54) is 18.4 Å². The lowest BCUT2D eigenvalue weighted by atomic mass is 10.2. The minimum absolute atomic E-state index is 0.00757. The molecule has 6 heteroatoms. The Kier molecular flexibility index (Phi) is 4.68. The molecular weight excluding hydrogens is 278 g/mol. The van der Waals surface area contributed by atoms with Gasteiger partial charge in [-0.3, -0.25) is 4.79 Å². The summed E-state index contributed by atoms with van der Waals surface area (Å²) in [5, 5.41) is 0. The van der Waals surface area contributed by atoms with Gasteiger partial charge < -0.3 is 14.4 Å². The van der Waals surface area contributed by atoms with Crippen molar-refractivity contribution >= 4 is 35.6 Å². The van der Waals surface area contributed by atoms with E-state index in [0.717, 1.165) is 11.2 Å². The van der Waals surface area contributed by atoms with E-state index in [1.54, 1.807) is 11.0 Å². The highest BCUT2D eigenvalue weighted by molar-refractivity contribution is 7.14. The predicted molar refractivity (Wildman–Crippen MR) is 75.5 cm³/mol. The quantitative estimate of drug-likeness (QED) is 0.613. The summed E-state index contributed by atoms with van der Waals surface area (Å²) in [6.07, 6.45) is 5.51. The average Bonchev–Trinajstić information content (AvgIpc) is 3.06. The summed E-state index contributed by atoms with van der Waals surface area (Å²) >= 11 is 1.32. The fourth-order valence-corrected chi connectivity index (χ4v) is 2.93. The number of methoxy groups -OCH3 is 1. The SMILES string of the molecule is COC(=O)c1ccc(C=CCN2C(=O)CCC2C=O)s1. The van der Waals surface area contributed by atoms with Crippen molar-refractivity contribution in [3.63, 3.8) is 0 Å². The van der Waals surface area contributed by atoms with Crippen molar-refractivity contribution < 1.29 is 19.1 Å². The summed E-state index contributed by atoms with van der Waals surface area (Å²) in [6, 6.07) is 3.21. The first-order valence-electron chi connectivity index (χ1n) is 6.25. The van der Waals surface area contributed by atoms with Crippen LogP contribution in [0.4, 0.5) is 0 Å². The zero-order valence-corrected chi connectivity index (χ0v) is 11.9. The van der Waals surface area contributed by atoms with Crippen LogP contribution in [0.5, 0.6) is 0 Å². The molecule has 1 atom stereocenters. The summed E-state index contributed by atoms with van der Waals surface area (Å²) in [5.74, 6) is -0.349. The van der Waals surface area contributed by atoms with Crippen LogP contribution < -0.4 is 0 Å². The minimum Gasteiger partial charge on any atom is -0.465 e. The van der Waals surface area contributed by atoms with Crippen LogP contribution in [0.15, 0.2) is 18.2 Å². The molecule has 1 aliphatic heterocycles. The molecule has 1 aromatic rings. The summed E-state index contributed by atoms with van der Waals surface area (Å²) in [7, 11) is 1.34. The number of aldehydes is 1. The first-order chi connectivity index (χ1) is 9.65. The van der Waals surface area contributed by atoms with Crippen LogP contribution in [0.2, 0.25) is 0 Å². The molecule has 0 aliphatic carbocycles. The van der Waals surface area contributed by atoms with Gasteiger partial charge in [0.05, 0.1) is 13.2 Å². The van der Waals surface area contributed by atoms with Gasteiger partial charge >= 0.3 is 5.97 Å². The van der Waals surface area contributed by atoms with Crippen LogP contribution in [-0.4, -0.2) is 42.8 Å². The van der Waals surface area contributed by atoms with Gasteiger partial charge in [0.15, 0.2) is 0 Å². The Balaban J connectivity index is 1.96. The van der Waals surface area contributed by atoms with Crippen LogP contribution >= 0.6 is 11.3 Å². The molecule has 2 heterocycles. The van der Waals surface area contributed by atoms with Gasteiger partial charge in [-0.05, 0) is 24.6 Å². The molecule has 1 unspecified atom stereocenters. The van der Waals surface area contributed by atoms with E-state index in [9.17, 15) is 14.4 Å². The first kappa shape index (κ1) is 14.5. The molecule has 1 amide bonds. The molecule has 0 aromatic carbocycles. The third-order valence-corrected chi connectivity index (χ3v) is 4.16. The summed E-state index contributed by atoms with van der Waals surface area (Å²) in [5.41, 5.74) is 0. The van der Waals surface area contributed by atoms with Gasteiger partial charge in [-0.25, -0.2) is 4.79 Å². The topological polar surface area (TPSA) is 63.7 Å². The van der Waals surface area contributed by atoms with Crippen molar-refractivity contribution in [2.24, 2.45) is 0 Å². The van der Waals surface area contributed by atoms with Gasteiger partial charge in [-0.1, -0.05) is 6.08 Å². The number of carbonyl (C=O) groups excluding carboxylic acids is 3. The Labute approximate surface area is 120 Å². The van der Waals surface area contributed by atoms with E-state index in [0.29, 0.717) is 24.3 Å². The molecule has 5 nitrogen and oxygen atoms in total. The van der Waals surface area contributed by atoms with Crippen LogP contribution in [0, 0.1) is 0 Å². The molecule has 1 aliphatic rings. The maximum atomic E-state index is 11.6. The Morgan fingerprint density at radius 1 is 1.55 bits per heavy atom. The minimum atomic E-state index is -0.356. The third-order valence-electron chi connectivity index (χ3n) is 3.13. The van der Waals surface area contributed by atoms with E-state index in [-0.39, 0.29) is 17.9 Å². The zero-order valence-electron chi connectivity index (χ0n) is 11.1. The Bertz CT molecular complexity index is 549. The van der Waals surface area contributed by atoms with Crippen molar-refractivity contribution in [1.82, 2.24) is 4.90 Å². The lowest BCUT2D eigenvalue weighted by Crippen LogP contribution is -2.33. The number of rotatable bonds is 5. The van der Waals surface area contributed by atoms with Gasteiger partial charge in [0.2, 0.25) is 5.91 Å².